The Morgan fingerprint density at radius 3 is 2.65 bits per heavy atom. The summed E-state index contributed by atoms with van der Waals surface area (Å²) in [5.41, 5.74) is 7.73. The van der Waals surface area contributed by atoms with E-state index in [1.807, 2.05) is 30.3 Å². The number of hydrogen-bond donors (Lipinski definition) is 2. The first-order valence-corrected chi connectivity index (χ1v) is 6.89. The van der Waals surface area contributed by atoms with Gasteiger partial charge in [0.05, 0.1) is 0 Å². The van der Waals surface area contributed by atoms with Crippen molar-refractivity contribution in [2.45, 2.75) is 20.4 Å². The third kappa shape index (κ3) is 3.45. The molecule has 0 atom stereocenters. The van der Waals surface area contributed by atoms with Gasteiger partial charge in [0.15, 0.2) is 0 Å². The van der Waals surface area contributed by atoms with Gasteiger partial charge in [-0.05, 0) is 31.5 Å². The van der Waals surface area contributed by atoms with Gasteiger partial charge in [-0.25, -0.2) is 9.97 Å². The van der Waals surface area contributed by atoms with E-state index < -0.39 is 0 Å². The summed E-state index contributed by atoms with van der Waals surface area (Å²) in [5, 5.41) is 3.29. The number of nitrogens with one attached hydrogen (secondary N) is 1. The number of benzene rings is 1. The smallest absolute Gasteiger partial charge is 0.135 e. The highest BCUT2D eigenvalue weighted by Gasteiger charge is 2.05. The normalized spacial score (nSPS) is 10.3. The molecule has 1 aromatic carbocycles. The minimum Gasteiger partial charge on any atom is -0.357 e. The fourth-order valence-electron chi connectivity index (χ4n) is 2.06. The van der Waals surface area contributed by atoms with E-state index >= 15 is 0 Å². The third-order valence-corrected chi connectivity index (χ3v) is 3.18. The Balaban J connectivity index is 2.18. The zero-order chi connectivity index (χ0) is 14.4. The molecule has 0 aliphatic rings. The summed E-state index contributed by atoms with van der Waals surface area (Å²) in [7, 11) is 0. The Morgan fingerprint density at radius 2 is 1.95 bits per heavy atom. The molecule has 20 heavy (non-hydrogen) atoms. The van der Waals surface area contributed by atoms with E-state index in [0.29, 0.717) is 6.54 Å². The molecular weight excluding hydrogens is 250 g/mol. The average molecular weight is 271 g/mol. The van der Waals surface area contributed by atoms with E-state index in [-0.39, 0.29) is 0 Å². The Morgan fingerprint density at radius 1 is 1.15 bits per heavy atom. The highest BCUT2D eigenvalue weighted by Crippen LogP contribution is 2.19. The summed E-state index contributed by atoms with van der Waals surface area (Å²) in [6, 6.07) is 9.98. The van der Waals surface area contributed by atoms with Crippen LogP contribution in [0.3, 0.4) is 0 Å². The largest absolute Gasteiger partial charge is 0.357 e. The van der Waals surface area contributed by atoms with Gasteiger partial charge in [0, 0.05) is 31.4 Å². The molecule has 2 rings (SSSR count). The fraction of sp³-hybridized carbons (Fsp3) is 0.333. The molecule has 3 N–H and O–H groups in total. The zero-order valence-corrected chi connectivity index (χ0v) is 12.0. The molecular formula is C15H21N5. The molecule has 0 aliphatic heterocycles. The van der Waals surface area contributed by atoms with Gasteiger partial charge in [0.1, 0.15) is 18.0 Å². The number of anilines is 3. The van der Waals surface area contributed by atoms with Crippen molar-refractivity contribution in [3.63, 3.8) is 0 Å². The zero-order valence-electron chi connectivity index (χ0n) is 12.0. The van der Waals surface area contributed by atoms with Gasteiger partial charge < -0.3 is 16.0 Å². The predicted molar refractivity (Wildman–Crippen MR) is 83.2 cm³/mol. The van der Waals surface area contributed by atoms with E-state index in [1.54, 1.807) is 6.33 Å². The van der Waals surface area contributed by atoms with Crippen LogP contribution in [-0.4, -0.2) is 23.1 Å². The molecule has 0 aliphatic carbocycles. The number of aromatic nitrogens is 2. The maximum Gasteiger partial charge on any atom is 0.135 e. The van der Waals surface area contributed by atoms with Gasteiger partial charge in [-0.1, -0.05) is 12.1 Å². The van der Waals surface area contributed by atoms with Crippen molar-refractivity contribution >= 4 is 17.3 Å². The van der Waals surface area contributed by atoms with Crippen LogP contribution in [0.1, 0.15) is 19.4 Å². The van der Waals surface area contributed by atoms with Crippen LogP contribution in [-0.2, 0) is 6.54 Å². The molecule has 0 fully saturated rings. The van der Waals surface area contributed by atoms with Crippen LogP contribution in [0.25, 0.3) is 0 Å². The van der Waals surface area contributed by atoms with Crippen LogP contribution in [0.15, 0.2) is 36.7 Å². The maximum absolute atomic E-state index is 5.65. The lowest BCUT2D eigenvalue weighted by molar-refractivity contribution is 0.842. The standard InChI is InChI=1S/C15H21N5/c1-3-20(4-2)15-9-14(17-11-18-15)19-13-7-5-6-12(8-13)10-16/h5-9,11H,3-4,10,16H2,1-2H3,(H,17,18,19). The topological polar surface area (TPSA) is 67.1 Å². The first kappa shape index (κ1) is 14.3. The maximum atomic E-state index is 5.65. The fourth-order valence-corrected chi connectivity index (χ4v) is 2.06. The molecule has 0 saturated carbocycles. The summed E-state index contributed by atoms with van der Waals surface area (Å²) in [6.45, 7) is 6.61. The van der Waals surface area contributed by atoms with Crippen LogP contribution in [0.2, 0.25) is 0 Å². The number of nitrogens with zero attached hydrogens (tertiary/aromatic N) is 3. The number of hydrogen-bond acceptors (Lipinski definition) is 5. The molecule has 0 saturated heterocycles. The summed E-state index contributed by atoms with van der Waals surface area (Å²) >= 11 is 0. The first-order valence-electron chi connectivity index (χ1n) is 6.89. The van der Waals surface area contributed by atoms with Crippen LogP contribution in [0.4, 0.5) is 17.3 Å². The number of rotatable bonds is 6. The van der Waals surface area contributed by atoms with Gasteiger partial charge in [-0.15, -0.1) is 0 Å². The molecule has 2 aromatic rings. The van der Waals surface area contributed by atoms with Crippen LogP contribution < -0.4 is 16.0 Å². The summed E-state index contributed by atoms with van der Waals surface area (Å²) < 4.78 is 0. The predicted octanol–water partition coefficient (Wildman–Crippen LogP) is 2.53. The highest BCUT2D eigenvalue weighted by molar-refractivity contribution is 5.59. The summed E-state index contributed by atoms with van der Waals surface area (Å²) in [6.07, 6.45) is 1.59. The molecule has 1 aromatic heterocycles. The van der Waals surface area contributed by atoms with Gasteiger partial charge >= 0.3 is 0 Å². The van der Waals surface area contributed by atoms with Crippen molar-refractivity contribution in [1.82, 2.24) is 9.97 Å². The molecule has 0 spiro atoms. The summed E-state index contributed by atoms with van der Waals surface area (Å²) in [4.78, 5) is 10.8. The number of nitrogens with two attached hydrogens (primary N) is 1. The van der Waals surface area contributed by atoms with Crippen molar-refractivity contribution in [3.8, 4) is 0 Å². The van der Waals surface area contributed by atoms with Crippen molar-refractivity contribution in [2.24, 2.45) is 5.73 Å². The second kappa shape index (κ2) is 6.86. The average Bonchev–Trinajstić information content (AvgIpc) is 2.49. The van der Waals surface area contributed by atoms with E-state index in [0.717, 1.165) is 36.0 Å². The molecule has 0 radical (unpaired) electrons. The van der Waals surface area contributed by atoms with E-state index in [9.17, 15) is 0 Å². The van der Waals surface area contributed by atoms with Crippen molar-refractivity contribution in [1.29, 1.82) is 0 Å². The monoisotopic (exact) mass is 271 g/mol. The van der Waals surface area contributed by atoms with Gasteiger partial charge in [-0.2, -0.15) is 0 Å². The quantitative estimate of drug-likeness (QED) is 0.845. The van der Waals surface area contributed by atoms with Crippen LogP contribution in [0, 0.1) is 0 Å². The lowest BCUT2D eigenvalue weighted by Gasteiger charge is -2.19. The van der Waals surface area contributed by atoms with Gasteiger partial charge in [-0.3, -0.25) is 0 Å². The molecule has 5 nitrogen and oxygen atoms in total. The Bertz CT molecular complexity index is 551. The molecule has 0 unspecified atom stereocenters. The first-order chi connectivity index (χ1) is 9.76. The molecule has 1 heterocycles. The molecule has 0 amide bonds. The second-order valence-electron chi connectivity index (χ2n) is 4.46. The third-order valence-electron chi connectivity index (χ3n) is 3.18. The molecule has 5 heteroatoms. The van der Waals surface area contributed by atoms with Crippen LogP contribution in [0.5, 0.6) is 0 Å². The van der Waals surface area contributed by atoms with Gasteiger partial charge in [0.25, 0.3) is 0 Å². The Kier molecular flexibility index (Phi) is 4.90. The van der Waals surface area contributed by atoms with Gasteiger partial charge in [0.2, 0.25) is 0 Å². The van der Waals surface area contributed by atoms with E-state index in [4.69, 9.17) is 5.73 Å². The highest BCUT2D eigenvalue weighted by atomic mass is 15.2. The lowest BCUT2D eigenvalue weighted by Crippen LogP contribution is -2.23. The minimum absolute atomic E-state index is 0.532. The second-order valence-corrected chi connectivity index (χ2v) is 4.46. The van der Waals surface area contributed by atoms with Crippen LogP contribution >= 0.6 is 0 Å². The lowest BCUT2D eigenvalue weighted by atomic mass is 10.2. The Hall–Kier alpha value is -2.14. The summed E-state index contributed by atoms with van der Waals surface area (Å²) in [5.74, 6) is 1.72. The SMILES string of the molecule is CCN(CC)c1cc(Nc2cccc(CN)c2)ncn1. The van der Waals surface area contributed by atoms with E-state index in [2.05, 4.69) is 34.0 Å². The van der Waals surface area contributed by atoms with E-state index in [1.165, 1.54) is 0 Å². The molecule has 0 bridgehead atoms. The molecule has 106 valence electrons. The van der Waals surface area contributed by atoms with Crippen molar-refractivity contribution in [2.75, 3.05) is 23.3 Å². The van der Waals surface area contributed by atoms with Crippen molar-refractivity contribution < 1.29 is 0 Å². The minimum atomic E-state index is 0.532. The Labute approximate surface area is 119 Å². The van der Waals surface area contributed by atoms with Crippen molar-refractivity contribution in [3.05, 3.63) is 42.2 Å².